The van der Waals surface area contributed by atoms with Crippen LogP contribution in [0.15, 0.2) is 60.7 Å². The van der Waals surface area contributed by atoms with Crippen LogP contribution < -0.4 is 0 Å². The Morgan fingerprint density at radius 1 is 0.750 bits per heavy atom. The normalized spacial score (nSPS) is 10.9. The van der Waals surface area contributed by atoms with E-state index in [2.05, 4.69) is 36.4 Å². The van der Waals surface area contributed by atoms with Gasteiger partial charge in [0.15, 0.2) is 0 Å². The van der Waals surface area contributed by atoms with E-state index in [1.54, 1.807) is 0 Å². The minimum Gasteiger partial charge on any atom is -0.192 e. The summed E-state index contributed by atoms with van der Waals surface area (Å²) in [7, 11) is 0. The zero-order valence-electron chi connectivity index (χ0n) is 10.7. The van der Waals surface area contributed by atoms with Crippen molar-refractivity contribution in [1.82, 2.24) is 0 Å². The number of benzene rings is 4. The van der Waals surface area contributed by atoms with Crippen molar-refractivity contribution in [1.29, 1.82) is 5.26 Å². The van der Waals surface area contributed by atoms with Gasteiger partial charge in [0.2, 0.25) is 0 Å². The lowest BCUT2D eigenvalue weighted by molar-refractivity contribution is 1.50. The lowest BCUT2D eigenvalue weighted by Crippen LogP contribution is -1.84. The predicted molar refractivity (Wildman–Crippen MR) is 82.5 cm³/mol. The van der Waals surface area contributed by atoms with Crippen molar-refractivity contribution in [2.75, 3.05) is 0 Å². The maximum absolute atomic E-state index is 9.13. The number of hydrogen-bond acceptors (Lipinski definition) is 1. The molecule has 0 aliphatic heterocycles. The molecule has 91 valence electrons. The summed E-state index contributed by atoms with van der Waals surface area (Å²) >= 11 is 0. The zero-order chi connectivity index (χ0) is 13.5. The fourth-order valence-corrected chi connectivity index (χ4v) is 2.91. The van der Waals surface area contributed by atoms with E-state index in [9.17, 15) is 0 Å². The van der Waals surface area contributed by atoms with Crippen molar-refractivity contribution in [2.45, 2.75) is 0 Å². The van der Waals surface area contributed by atoms with Gasteiger partial charge in [0.25, 0.3) is 0 Å². The predicted octanol–water partition coefficient (Wildman–Crippen LogP) is 4.82. The molecule has 0 aromatic heterocycles. The Labute approximate surface area is 116 Å². The molecule has 20 heavy (non-hydrogen) atoms. The third-order valence-corrected chi connectivity index (χ3v) is 3.81. The van der Waals surface area contributed by atoms with Crippen LogP contribution in [-0.2, 0) is 0 Å². The molecule has 1 radical (unpaired) electrons. The Morgan fingerprint density at radius 3 is 2.25 bits per heavy atom. The van der Waals surface area contributed by atoms with Gasteiger partial charge in [-0.05, 0) is 56.6 Å². The first-order valence-corrected chi connectivity index (χ1v) is 6.53. The van der Waals surface area contributed by atoms with Crippen molar-refractivity contribution < 1.29 is 0 Å². The van der Waals surface area contributed by atoms with Crippen LogP contribution in [0.2, 0.25) is 0 Å². The summed E-state index contributed by atoms with van der Waals surface area (Å²) in [5.74, 6) is 0. The maximum Gasteiger partial charge on any atom is 0.0991 e. The minimum absolute atomic E-state index is 0.699. The number of rotatable bonds is 0. The average Bonchev–Trinajstić information content (AvgIpc) is 2.54. The summed E-state index contributed by atoms with van der Waals surface area (Å²) in [5.41, 5.74) is 0.699. The first-order chi connectivity index (χ1) is 9.88. The van der Waals surface area contributed by atoms with Crippen LogP contribution in [0.25, 0.3) is 32.3 Å². The van der Waals surface area contributed by atoms with Crippen LogP contribution in [0.4, 0.5) is 0 Å². The summed E-state index contributed by atoms with van der Waals surface area (Å²) < 4.78 is 0. The van der Waals surface area contributed by atoms with Crippen LogP contribution in [0.3, 0.4) is 0 Å². The Bertz CT molecular complexity index is 971. The summed E-state index contributed by atoms with van der Waals surface area (Å²) in [6.45, 7) is 0. The standard InChI is InChI=1S/C19H10N/c20-12-13-9-10-18-16-7-2-1-5-14(16)15-6-3-4-8-17(15)19(18)11-13/h2-11H. The fourth-order valence-electron chi connectivity index (χ4n) is 2.91. The highest BCUT2D eigenvalue weighted by Crippen LogP contribution is 2.34. The van der Waals surface area contributed by atoms with E-state index in [1.165, 1.54) is 26.9 Å². The first kappa shape index (κ1) is 11.0. The lowest BCUT2D eigenvalue weighted by Gasteiger charge is -2.10. The van der Waals surface area contributed by atoms with Crippen molar-refractivity contribution >= 4 is 32.3 Å². The van der Waals surface area contributed by atoms with E-state index in [4.69, 9.17) is 5.26 Å². The maximum atomic E-state index is 9.13. The molecule has 0 fully saturated rings. The Kier molecular flexibility index (Phi) is 2.25. The van der Waals surface area contributed by atoms with Gasteiger partial charge in [0.1, 0.15) is 0 Å². The highest BCUT2D eigenvalue weighted by atomic mass is 14.2. The molecule has 0 aliphatic rings. The molecule has 0 unspecified atom stereocenters. The van der Waals surface area contributed by atoms with E-state index in [-0.39, 0.29) is 0 Å². The minimum atomic E-state index is 0.699. The molecule has 0 atom stereocenters. The molecule has 0 amide bonds. The van der Waals surface area contributed by atoms with Gasteiger partial charge in [-0.2, -0.15) is 5.26 Å². The molecule has 0 bridgehead atoms. The molecule has 0 heterocycles. The Morgan fingerprint density at radius 2 is 1.45 bits per heavy atom. The van der Waals surface area contributed by atoms with Crippen molar-refractivity contribution in [3.63, 3.8) is 0 Å². The van der Waals surface area contributed by atoms with Crippen LogP contribution >= 0.6 is 0 Å². The largest absolute Gasteiger partial charge is 0.192 e. The molecule has 0 saturated heterocycles. The molecule has 0 saturated carbocycles. The SMILES string of the molecule is N#Cc1ccc2c3cc[c]cc3c3ccccc3c2c1. The number of hydrogen-bond donors (Lipinski definition) is 0. The Hall–Kier alpha value is -2.85. The summed E-state index contributed by atoms with van der Waals surface area (Å²) in [6, 6.07) is 25.7. The van der Waals surface area contributed by atoms with E-state index in [0.29, 0.717) is 5.56 Å². The van der Waals surface area contributed by atoms with Gasteiger partial charge >= 0.3 is 0 Å². The highest BCUT2D eigenvalue weighted by molar-refractivity contribution is 6.25. The second kappa shape index (κ2) is 4.08. The van der Waals surface area contributed by atoms with Gasteiger partial charge in [-0.15, -0.1) is 0 Å². The van der Waals surface area contributed by atoms with Crippen LogP contribution in [0.1, 0.15) is 5.56 Å². The van der Waals surface area contributed by atoms with E-state index in [0.717, 1.165) is 5.39 Å². The number of fused-ring (bicyclic) bond motifs is 6. The number of nitriles is 1. The smallest absolute Gasteiger partial charge is 0.0991 e. The summed E-state index contributed by atoms with van der Waals surface area (Å²) in [5, 5.41) is 16.3. The van der Waals surface area contributed by atoms with Gasteiger partial charge in [-0.25, -0.2) is 0 Å². The highest BCUT2D eigenvalue weighted by Gasteiger charge is 2.08. The van der Waals surface area contributed by atoms with Gasteiger partial charge in [-0.3, -0.25) is 0 Å². The molecule has 1 nitrogen and oxygen atoms in total. The van der Waals surface area contributed by atoms with Gasteiger partial charge in [-0.1, -0.05) is 42.5 Å². The number of nitrogens with zero attached hydrogens (tertiary/aromatic N) is 1. The molecular formula is C19H10N. The third-order valence-electron chi connectivity index (χ3n) is 3.81. The second-order valence-electron chi connectivity index (χ2n) is 4.89. The van der Waals surface area contributed by atoms with Crippen LogP contribution in [0.5, 0.6) is 0 Å². The van der Waals surface area contributed by atoms with E-state index < -0.39 is 0 Å². The molecule has 0 N–H and O–H groups in total. The van der Waals surface area contributed by atoms with Crippen LogP contribution in [-0.4, -0.2) is 0 Å². The third kappa shape index (κ3) is 1.42. The first-order valence-electron chi connectivity index (χ1n) is 6.53. The molecule has 4 aromatic rings. The lowest BCUT2D eigenvalue weighted by atomic mass is 9.93. The van der Waals surface area contributed by atoms with E-state index in [1.807, 2.05) is 36.4 Å². The molecule has 0 spiro atoms. The zero-order valence-corrected chi connectivity index (χ0v) is 10.7. The monoisotopic (exact) mass is 252 g/mol. The summed E-state index contributed by atoms with van der Waals surface area (Å²) in [6.07, 6.45) is 0. The molecule has 4 aromatic carbocycles. The molecule has 1 heteroatoms. The average molecular weight is 252 g/mol. The second-order valence-corrected chi connectivity index (χ2v) is 4.89. The topological polar surface area (TPSA) is 23.8 Å². The van der Waals surface area contributed by atoms with Crippen molar-refractivity contribution in [3.8, 4) is 6.07 Å². The van der Waals surface area contributed by atoms with Crippen molar-refractivity contribution in [3.05, 3.63) is 72.3 Å². The quantitative estimate of drug-likeness (QED) is 0.412. The van der Waals surface area contributed by atoms with Crippen LogP contribution in [0, 0.1) is 17.4 Å². The van der Waals surface area contributed by atoms with Gasteiger partial charge in [0.05, 0.1) is 11.6 Å². The van der Waals surface area contributed by atoms with E-state index >= 15 is 0 Å². The van der Waals surface area contributed by atoms with Gasteiger partial charge < -0.3 is 0 Å². The Balaban J connectivity index is 2.39. The van der Waals surface area contributed by atoms with Gasteiger partial charge in [0, 0.05) is 0 Å². The molecule has 0 aliphatic carbocycles. The molecule has 4 rings (SSSR count). The van der Waals surface area contributed by atoms with Crippen molar-refractivity contribution in [2.24, 2.45) is 0 Å². The summed E-state index contributed by atoms with van der Waals surface area (Å²) in [4.78, 5) is 0. The fraction of sp³-hybridized carbons (Fsp3) is 0. The molecular weight excluding hydrogens is 242 g/mol.